The van der Waals surface area contributed by atoms with Gasteiger partial charge in [0.2, 0.25) is 0 Å². The van der Waals surface area contributed by atoms with Gasteiger partial charge in [0.15, 0.2) is 0 Å². The minimum Gasteiger partial charge on any atom is -1.00 e. The van der Waals surface area contributed by atoms with Crippen molar-refractivity contribution in [3.63, 3.8) is 0 Å². The molecule has 0 saturated carbocycles. The molecular formula is C22H41BrN2. The zero-order valence-electron chi connectivity index (χ0n) is 17.4. The van der Waals surface area contributed by atoms with Crippen LogP contribution in [0.5, 0.6) is 0 Å². The zero-order valence-corrected chi connectivity index (χ0v) is 18.9. The van der Waals surface area contributed by atoms with E-state index in [9.17, 15) is 0 Å². The van der Waals surface area contributed by atoms with Crippen LogP contribution in [-0.4, -0.2) is 13.1 Å². The van der Waals surface area contributed by atoms with Crippen LogP contribution in [0.4, 0.5) is 5.82 Å². The summed E-state index contributed by atoms with van der Waals surface area (Å²) < 4.78 is 2.46. The molecule has 1 aromatic heterocycles. The van der Waals surface area contributed by atoms with Crippen molar-refractivity contribution in [1.82, 2.24) is 0 Å². The number of unbranched alkanes of at least 4 members (excludes halogenated alkanes) is 6. The molecule has 25 heavy (non-hydrogen) atoms. The van der Waals surface area contributed by atoms with Gasteiger partial charge in [-0.3, -0.25) is 4.90 Å². The molecule has 0 atom stereocenters. The Morgan fingerprint density at radius 3 is 1.88 bits per heavy atom. The van der Waals surface area contributed by atoms with Gasteiger partial charge in [0.1, 0.15) is 0 Å². The van der Waals surface area contributed by atoms with Gasteiger partial charge in [-0.05, 0) is 37.2 Å². The van der Waals surface area contributed by atoms with E-state index >= 15 is 0 Å². The molecule has 0 saturated heterocycles. The van der Waals surface area contributed by atoms with Crippen LogP contribution < -0.4 is 26.4 Å². The number of halogens is 1. The number of hydrogen-bond acceptors (Lipinski definition) is 1. The van der Waals surface area contributed by atoms with E-state index in [2.05, 4.69) is 68.5 Å². The van der Waals surface area contributed by atoms with Crippen molar-refractivity contribution < 1.29 is 21.5 Å². The normalized spacial score (nSPS) is 11.2. The Bertz CT molecular complexity index is 428. The molecule has 0 aliphatic heterocycles. The summed E-state index contributed by atoms with van der Waals surface area (Å²) in [6, 6.07) is 6.67. The average molecular weight is 413 g/mol. The van der Waals surface area contributed by atoms with Crippen molar-refractivity contribution in [1.29, 1.82) is 0 Å². The minimum atomic E-state index is 0. The summed E-state index contributed by atoms with van der Waals surface area (Å²) >= 11 is 0. The second-order valence-electron chi connectivity index (χ2n) is 8.36. The fourth-order valence-corrected chi connectivity index (χ4v) is 3.20. The Labute approximate surface area is 167 Å². The third-order valence-electron chi connectivity index (χ3n) is 4.45. The molecule has 0 fully saturated rings. The summed E-state index contributed by atoms with van der Waals surface area (Å²) in [5, 5.41) is 0. The van der Waals surface area contributed by atoms with E-state index in [1.165, 1.54) is 70.3 Å². The van der Waals surface area contributed by atoms with Gasteiger partial charge < -0.3 is 17.0 Å². The van der Waals surface area contributed by atoms with Gasteiger partial charge in [-0.25, -0.2) is 4.57 Å². The Hall–Kier alpha value is -0.570. The average Bonchev–Trinajstić information content (AvgIpc) is 2.53. The van der Waals surface area contributed by atoms with E-state index in [1.807, 2.05) is 0 Å². The van der Waals surface area contributed by atoms with Crippen LogP contribution >= 0.6 is 0 Å². The van der Waals surface area contributed by atoms with Crippen molar-refractivity contribution in [2.75, 3.05) is 18.0 Å². The lowest BCUT2D eigenvalue weighted by Crippen LogP contribution is -3.00. The first-order chi connectivity index (χ1) is 11.5. The van der Waals surface area contributed by atoms with E-state index in [0.717, 1.165) is 6.54 Å². The zero-order chi connectivity index (χ0) is 17.8. The molecule has 0 aromatic carbocycles. The summed E-state index contributed by atoms with van der Waals surface area (Å²) in [5.74, 6) is 1.40. The molecule has 0 radical (unpaired) electrons. The lowest BCUT2D eigenvalue weighted by atomic mass is 9.97. The second-order valence-corrected chi connectivity index (χ2v) is 8.36. The van der Waals surface area contributed by atoms with E-state index in [-0.39, 0.29) is 17.0 Å². The van der Waals surface area contributed by atoms with Crippen LogP contribution in [0.15, 0.2) is 24.4 Å². The van der Waals surface area contributed by atoms with Crippen molar-refractivity contribution in [2.45, 2.75) is 92.5 Å². The van der Waals surface area contributed by atoms with Crippen molar-refractivity contribution in [3.8, 4) is 0 Å². The maximum Gasteiger partial charge on any atom is 0.276 e. The standard InChI is InChI=1S/C22H41N2.BrH/c1-6-8-10-13-17-23(18-14-11-9-7-2)21-16-12-15-19-24(21)20-22(3,4)5;/h12,15-16,19H,6-11,13-14,17-18,20H2,1-5H3;1H/q+1;/p-1. The molecule has 1 heterocycles. The van der Waals surface area contributed by atoms with Crippen LogP contribution in [-0.2, 0) is 6.54 Å². The molecule has 0 N–H and O–H groups in total. The molecule has 2 nitrogen and oxygen atoms in total. The van der Waals surface area contributed by atoms with Crippen LogP contribution in [0.3, 0.4) is 0 Å². The van der Waals surface area contributed by atoms with E-state index in [0.29, 0.717) is 5.41 Å². The first-order valence-electron chi connectivity index (χ1n) is 10.2. The molecule has 1 rings (SSSR count). The van der Waals surface area contributed by atoms with Gasteiger partial charge in [-0.2, -0.15) is 0 Å². The molecular weight excluding hydrogens is 372 g/mol. The molecule has 3 heteroatoms. The minimum absolute atomic E-state index is 0. The third kappa shape index (κ3) is 10.9. The number of anilines is 1. The third-order valence-corrected chi connectivity index (χ3v) is 4.45. The van der Waals surface area contributed by atoms with Gasteiger partial charge in [0.05, 0.1) is 25.8 Å². The summed E-state index contributed by atoms with van der Waals surface area (Å²) in [4.78, 5) is 2.64. The van der Waals surface area contributed by atoms with Crippen molar-refractivity contribution in [2.24, 2.45) is 5.41 Å². The number of aromatic nitrogens is 1. The molecule has 0 amide bonds. The second kappa shape index (κ2) is 13.6. The Kier molecular flexibility index (Phi) is 13.3. The maximum atomic E-state index is 2.64. The monoisotopic (exact) mass is 412 g/mol. The first-order valence-corrected chi connectivity index (χ1v) is 10.2. The fraction of sp³-hybridized carbons (Fsp3) is 0.773. The highest BCUT2D eigenvalue weighted by atomic mass is 79.9. The molecule has 1 aromatic rings. The van der Waals surface area contributed by atoms with Crippen molar-refractivity contribution in [3.05, 3.63) is 24.4 Å². The highest BCUT2D eigenvalue weighted by Crippen LogP contribution is 2.17. The lowest BCUT2D eigenvalue weighted by molar-refractivity contribution is -0.696. The molecule has 0 aliphatic carbocycles. The first kappa shape index (κ1) is 24.4. The Morgan fingerprint density at radius 2 is 1.40 bits per heavy atom. The van der Waals surface area contributed by atoms with Crippen LogP contribution in [0.2, 0.25) is 0 Å². The Balaban J connectivity index is 0.00000576. The summed E-state index contributed by atoms with van der Waals surface area (Å²) in [5.41, 5.74) is 0.302. The SMILES string of the molecule is CCCCCCN(CCCCCC)c1cccc[n+]1CC(C)(C)C.[Br-]. The molecule has 0 bridgehead atoms. The molecule has 0 aliphatic rings. The van der Waals surface area contributed by atoms with Crippen molar-refractivity contribution >= 4 is 5.82 Å². The maximum absolute atomic E-state index is 2.64. The smallest absolute Gasteiger partial charge is 0.276 e. The Morgan fingerprint density at radius 1 is 0.840 bits per heavy atom. The van der Waals surface area contributed by atoms with Crippen LogP contribution in [0.1, 0.15) is 86.0 Å². The van der Waals surface area contributed by atoms with Crippen LogP contribution in [0.25, 0.3) is 0 Å². The summed E-state index contributed by atoms with van der Waals surface area (Å²) in [6.07, 6.45) is 12.9. The highest BCUT2D eigenvalue weighted by Gasteiger charge is 2.22. The predicted octanol–water partition coefficient (Wildman–Crippen LogP) is 2.99. The molecule has 0 unspecified atom stereocenters. The predicted molar refractivity (Wildman–Crippen MR) is 107 cm³/mol. The molecule has 0 spiro atoms. The number of hydrogen-bond donors (Lipinski definition) is 0. The summed E-state index contributed by atoms with van der Waals surface area (Å²) in [7, 11) is 0. The number of nitrogens with zero attached hydrogens (tertiary/aromatic N) is 2. The van der Waals surface area contributed by atoms with E-state index in [1.54, 1.807) is 0 Å². The summed E-state index contributed by atoms with van der Waals surface area (Å²) in [6.45, 7) is 15.0. The number of rotatable bonds is 12. The van der Waals surface area contributed by atoms with E-state index < -0.39 is 0 Å². The highest BCUT2D eigenvalue weighted by molar-refractivity contribution is 5.32. The topological polar surface area (TPSA) is 7.12 Å². The quantitative estimate of drug-likeness (QED) is 0.378. The van der Waals surface area contributed by atoms with Gasteiger partial charge in [-0.1, -0.05) is 66.4 Å². The molecule has 146 valence electrons. The van der Waals surface area contributed by atoms with Gasteiger partial charge in [-0.15, -0.1) is 0 Å². The van der Waals surface area contributed by atoms with Crippen LogP contribution in [0, 0.1) is 5.41 Å². The van der Waals surface area contributed by atoms with E-state index in [4.69, 9.17) is 0 Å². The van der Waals surface area contributed by atoms with Gasteiger partial charge in [0, 0.05) is 6.07 Å². The largest absolute Gasteiger partial charge is 1.00 e. The van der Waals surface area contributed by atoms with Gasteiger partial charge in [0.25, 0.3) is 5.82 Å². The van der Waals surface area contributed by atoms with Gasteiger partial charge >= 0.3 is 0 Å². The number of pyridine rings is 1. The fourth-order valence-electron chi connectivity index (χ4n) is 3.20. The lowest BCUT2D eigenvalue weighted by Gasteiger charge is -2.23.